The number of fused-ring (bicyclic) bond motifs is 2. The summed E-state index contributed by atoms with van der Waals surface area (Å²) in [6.07, 6.45) is 17.8. The van der Waals surface area contributed by atoms with Crippen molar-refractivity contribution in [3.8, 4) is 0 Å². The summed E-state index contributed by atoms with van der Waals surface area (Å²) in [5.41, 5.74) is 14.8. The van der Waals surface area contributed by atoms with Gasteiger partial charge in [-0.25, -0.2) is 0 Å². The Morgan fingerprint density at radius 3 is 1.66 bits per heavy atom. The third-order valence-electron chi connectivity index (χ3n) is 8.47. The highest BCUT2D eigenvalue weighted by molar-refractivity contribution is 5.89. The van der Waals surface area contributed by atoms with Gasteiger partial charge in [0.25, 0.3) is 0 Å². The van der Waals surface area contributed by atoms with E-state index in [0.29, 0.717) is 0 Å². The van der Waals surface area contributed by atoms with E-state index >= 15 is 0 Å². The fraction of sp³-hybridized carbons (Fsp3) is 0.429. The number of allylic oxidation sites excluding steroid dienone is 8. The van der Waals surface area contributed by atoms with Gasteiger partial charge in [-0.05, 0) is 95.2 Å². The predicted octanol–water partition coefficient (Wildman–Crippen LogP) is 9.74. The highest BCUT2D eigenvalue weighted by atomic mass is 14.6. The van der Waals surface area contributed by atoms with Crippen molar-refractivity contribution < 1.29 is 0 Å². The Morgan fingerprint density at radius 1 is 0.629 bits per heavy atom. The fourth-order valence-corrected chi connectivity index (χ4v) is 6.61. The Balaban J connectivity index is 1.55. The standard InChI is InChI=1S/C35H42/c1-5-7-9-11-15-27-17-13-19-29(23-27)35(30-20-14-18-28(24-30)16-12-10-8-6-2)31-21-25(3)33(31)34-26(4)22-32(34)35/h13-14,17-24H,5-12,15-16H2,1-4H3. The molecule has 0 spiro atoms. The Bertz CT molecular complexity index is 1170. The zero-order valence-electron chi connectivity index (χ0n) is 22.3. The lowest BCUT2D eigenvalue weighted by Crippen LogP contribution is -2.32. The lowest BCUT2D eigenvalue weighted by Gasteiger charge is -2.38. The normalized spacial score (nSPS) is 17.5. The average molecular weight is 463 g/mol. The molecule has 0 N–H and O–H groups in total. The van der Waals surface area contributed by atoms with Crippen molar-refractivity contribution >= 4 is 0 Å². The summed E-state index contributed by atoms with van der Waals surface area (Å²) in [5, 5.41) is 0. The lowest BCUT2D eigenvalue weighted by molar-refractivity contribution is 0.663. The molecule has 0 heterocycles. The predicted molar refractivity (Wildman–Crippen MR) is 151 cm³/mol. The molecular weight excluding hydrogens is 420 g/mol. The van der Waals surface area contributed by atoms with E-state index in [1.807, 2.05) is 0 Å². The van der Waals surface area contributed by atoms with Crippen LogP contribution in [0.25, 0.3) is 0 Å². The maximum atomic E-state index is 2.53. The van der Waals surface area contributed by atoms with Crippen LogP contribution in [0.3, 0.4) is 0 Å². The Kier molecular flexibility index (Phi) is 7.01. The minimum absolute atomic E-state index is 0.150. The minimum atomic E-state index is -0.150. The quantitative estimate of drug-likeness (QED) is 0.275. The van der Waals surface area contributed by atoms with Crippen molar-refractivity contribution in [1.29, 1.82) is 0 Å². The van der Waals surface area contributed by atoms with Gasteiger partial charge < -0.3 is 0 Å². The second kappa shape index (κ2) is 10.2. The van der Waals surface area contributed by atoms with E-state index in [1.54, 1.807) is 0 Å². The highest BCUT2D eigenvalue weighted by Crippen LogP contribution is 2.65. The van der Waals surface area contributed by atoms with Crippen LogP contribution in [0.2, 0.25) is 0 Å². The third-order valence-corrected chi connectivity index (χ3v) is 8.47. The molecule has 182 valence electrons. The van der Waals surface area contributed by atoms with Crippen LogP contribution in [-0.2, 0) is 18.3 Å². The molecule has 0 saturated carbocycles. The zero-order valence-corrected chi connectivity index (χ0v) is 22.3. The van der Waals surface area contributed by atoms with Crippen molar-refractivity contribution in [3.05, 3.63) is 116 Å². The molecule has 0 bridgehead atoms. The summed E-state index contributed by atoms with van der Waals surface area (Å²) in [6, 6.07) is 19.2. The highest BCUT2D eigenvalue weighted by Gasteiger charge is 2.54. The van der Waals surface area contributed by atoms with Gasteiger partial charge in [0.05, 0.1) is 5.41 Å². The van der Waals surface area contributed by atoms with Crippen molar-refractivity contribution in [1.82, 2.24) is 0 Å². The van der Waals surface area contributed by atoms with E-state index in [1.165, 1.54) is 120 Å². The molecule has 2 aromatic rings. The van der Waals surface area contributed by atoms with Crippen molar-refractivity contribution in [2.45, 2.75) is 97.3 Å². The van der Waals surface area contributed by atoms with Gasteiger partial charge in [0.15, 0.2) is 0 Å². The molecule has 0 atom stereocenters. The molecular formula is C35H42. The number of hydrogen-bond acceptors (Lipinski definition) is 0. The molecule has 0 fully saturated rings. The first kappa shape index (κ1) is 24.1. The molecule has 0 unspecified atom stereocenters. The third kappa shape index (κ3) is 4.10. The van der Waals surface area contributed by atoms with Gasteiger partial charge in [0.2, 0.25) is 0 Å². The summed E-state index contributed by atoms with van der Waals surface area (Å²) in [6.45, 7) is 9.17. The fourth-order valence-electron chi connectivity index (χ4n) is 6.61. The summed E-state index contributed by atoms with van der Waals surface area (Å²) in [7, 11) is 0. The molecule has 0 heteroatoms. The van der Waals surface area contributed by atoms with E-state index in [2.05, 4.69) is 88.4 Å². The molecule has 5 rings (SSSR count). The van der Waals surface area contributed by atoms with Gasteiger partial charge >= 0.3 is 0 Å². The van der Waals surface area contributed by atoms with Gasteiger partial charge in [-0.1, -0.05) is 113 Å². The second-order valence-electron chi connectivity index (χ2n) is 11.0. The first-order valence-electron chi connectivity index (χ1n) is 14.2. The lowest BCUT2D eigenvalue weighted by atomic mass is 9.63. The van der Waals surface area contributed by atoms with Crippen LogP contribution in [0, 0.1) is 0 Å². The van der Waals surface area contributed by atoms with Gasteiger partial charge in [0.1, 0.15) is 0 Å². The number of benzene rings is 2. The summed E-state index contributed by atoms with van der Waals surface area (Å²) in [5.74, 6) is 0. The second-order valence-corrected chi connectivity index (χ2v) is 11.0. The Labute approximate surface area is 213 Å². The number of aryl methyl sites for hydroxylation is 2. The smallest absolute Gasteiger partial charge is 0.0654 e. The molecule has 0 aliphatic heterocycles. The Hall–Kier alpha value is -2.60. The molecule has 3 aliphatic carbocycles. The topological polar surface area (TPSA) is 0 Å². The first-order chi connectivity index (χ1) is 17.1. The van der Waals surface area contributed by atoms with Crippen LogP contribution < -0.4 is 0 Å². The molecule has 0 radical (unpaired) electrons. The molecule has 0 amide bonds. The first-order valence-corrected chi connectivity index (χ1v) is 14.2. The van der Waals surface area contributed by atoms with E-state index in [9.17, 15) is 0 Å². The Morgan fingerprint density at radius 2 is 1.20 bits per heavy atom. The van der Waals surface area contributed by atoms with Gasteiger partial charge in [-0.3, -0.25) is 0 Å². The summed E-state index contributed by atoms with van der Waals surface area (Å²) in [4.78, 5) is 0. The summed E-state index contributed by atoms with van der Waals surface area (Å²) < 4.78 is 0. The van der Waals surface area contributed by atoms with Gasteiger partial charge in [-0.2, -0.15) is 0 Å². The molecule has 35 heavy (non-hydrogen) atoms. The van der Waals surface area contributed by atoms with E-state index in [0.717, 1.165) is 0 Å². The number of hydrogen-bond donors (Lipinski definition) is 0. The van der Waals surface area contributed by atoms with E-state index in [4.69, 9.17) is 0 Å². The SMILES string of the molecule is CCCCCCc1cccc(C2(c3cccc(CCCCCC)c3)C3=CC(C)=C3C3=C2C=C3C)c1. The molecule has 0 nitrogen and oxygen atoms in total. The molecule has 0 aromatic heterocycles. The minimum Gasteiger partial charge on any atom is -0.0654 e. The maximum Gasteiger partial charge on any atom is 0.0714 e. The van der Waals surface area contributed by atoms with E-state index in [-0.39, 0.29) is 5.41 Å². The van der Waals surface area contributed by atoms with Crippen LogP contribution in [-0.4, -0.2) is 0 Å². The van der Waals surface area contributed by atoms with E-state index < -0.39 is 0 Å². The number of rotatable bonds is 12. The van der Waals surface area contributed by atoms with Crippen molar-refractivity contribution in [2.24, 2.45) is 0 Å². The molecule has 3 aliphatic rings. The van der Waals surface area contributed by atoms with Crippen LogP contribution in [0.15, 0.2) is 94.1 Å². The van der Waals surface area contributed by atoms with Gasteiger partial charge in [-0.15, -0.1) is 0 Å². The maximum absolute atomic E-state index is 2.53. The average Bonchev–Trinajstić information content (AvgIpc) is 3.06. The largest absolute Gasteiger partial charge is 0.0714 e. The summed E-state index contributed by atoms with van der Waals surface area (Å²) >= 11 is 0. The van der Waals surface area contributed by atoms with Crippen LogP contribution in [0.1, 0.15) is 101 Å². The monoisotopic (exact) mass is 462 g/mol. The van der Waals surface area contributed by atoms with Crippen molar-refractivity contribution in [2.75, 3.05) is 0 Å². The molecule has 0 saturated heterocycles. The number of unbranched alkanes of at least 4 members (excludes halogenated alkanes) is 6. The van der Waals surface area contributed by atoms with Crippen LogP contribution in [0.4, 0.5) is 0 Å². The van der Waals surface area contributed by atoms with Crippen molar-refractivity contribution in [3.63, 3.8) is 0 Å². The zero-order chi connectivity index (χ0) is 24.4. The van der Waals surface area contributed by atoms with Crippen LogP contribution >= 0.6 is 0 Å². The molecule has 2 aromatic carbocycles. The van der Waals surface area contributed by atoms with Gasteiger partial charge in [0, 0.05) is 0 Å². The van der Waals surface area contributed by atoms with Crippen LogP contribution in [0.5, 0.6) is 0 Å².